The van der Waals surface area contributed by atoms with Gasteiger partial charge in [-0.2, -0.15) is 0 Å². The Morgan fingerprint density at radius 2 is 1.91 bits per heavy atom. The summed E-state index contributed by atoms with van der Waals surface area (Å²) in [6.07, 6.45) is -0.470. The van der Waals surface area contributed by atoms with Crippen LogP contribution in [-0.4, -0.2) is 29.2 Å². The molecule has 128 valence electrons. The quantitative estimate of drug-likeness (QED) is 0.638. The van der Waals surface area contributed by atoms with Crippen molar-refractivity contribution in [3.63, 3.8) is 0 Å². The molecule has 0 radical (unpaired) electrons. The van der Waals surface area contributed by atoms with Crippen molar-refractivity contribution in [2.24, 2.45) is 0 Å². The molecular formula is C16H25N3O4. The van der Waals surface area contributed by atoms with Crippen LogP contribution in [0.25, 0.3) is 0 Å². The Hall–Kier alpha value is -2.31. The zero-order chi connectivity index (χ0) is 17.8. The average Bonchev–Trinajstić information content (AvgIpc) is 2.38. The van der Waals surface area contributed by atoms with Crippen LogP contribution >= 0.6 is 0 Å². The average molecular weight is 323 g/mol. The Bertz CT molecular complexity index is 594. The summed E-state index contributed by atoms with van der Waals surface area (Å²) in [4.78, 5) is 22.2. The highest BCUT2D eigenvalue weighted by Gasteiger charge is 2.17. The molecule has 0 aromatic heterocycles. The van der Waals surface area contributed by atoms with E-state index in [-0.39, 0.29) is 16.7 Å². The van der Waals surface area contributed by atoms with Gasteiger partial charge in [-0.3, -0.25) is 10.1 Å². The van der Waals surface area contributed by atoms with Gasteiger partial charge in [-0.25, -0.2) is 4.79 Å². The number of benzene rings is 1. The normalized spacial score (nSPS) is 12.4. The predicted octanol–water partition coefficient (Wildman–Crippen LogP) is 3.54. The summed E-state index contributed by atoms with van der Waals surface area (Å²) in [7, 11) is 0. The van der Waals surface area contributed by atoms with Crippen LogP contribution in [0.2, 0.25) is 0 Å². The van der Waals surface area contributed by atoms with Crippen molar-refractivity contribution in [2.75, 3.05) is 11.9 Å². The van der Waals surface area contributed by atoms with Crippen LogP contribution in [0.4, 0.5) is 16.2 Å². The van der Waals surface area contributed by atoms with E-state index in [1.165, 1.54) is 0 Å². The van der Waals surface area contributed by atoms with E-state index in [4.69, 9.17) is 4.74 Å². The number of hydrogen-bond donors (Lipinski definition) is 2. The maximum atomic E-state index is 11.6. The van der Waals surface area contributed by atoms with E-state index >= 15 is 0 Å². The third kappa shape index (κ3) is 6.14. The number of carbonyl (C=O) groups excluding carboxylic acids is 1. The first-order chi connectivity index (χ1) is 10.5. The number of amides is 1. The van der Waals surface area contributed by atoms with E-state index < -0.39 is 11.7 Å². The highest BCUT2D eigenvalue weighted by atomic mass is 16.6. The number of nitro groups is 1. The van der Waals surface area contributed by atoms with Gasteiger partial charge < -0.3 is 15.4 Å². The first-order valence-corrected chi connectivity index (χ1v) is 7.48. The summed E-state index contributed by atoms with van der Waals surface area (Å²) in [5.74, 6) is 0. The molecule has 1 aromatic rings. The molecule has 0 heterocycles. The van der Waals surface area contributed by atoms with Crippen molar-refractivity contribution in [3.05, 3.63) is 33.4 Å². The number of anilines is 1. The van der Waals surface area contributed by atoms with E-state index in [9.17, 15) is 14.9 Å². The van der Waals surface area contributed by atoms with Gasteiger partial charge in [0.25, 0.3) is 5.69 Å². The van der Waals surface area contributed by atoms with Crippen LogP contribution in [-0.2, 0) is 4.74 Å². The number of rotatable bonds is 5. The molecule has 1 atom stereocenters. The first kappa shape index (κ1) is 18.7. The molecule has 0 fully saturated rings. The third-order valence-electron chi connectivity index (χ3n) is 3.09. The Balaban J connectivity index is 2.64. The zero-order valence-electron chi connectivity index (χ0n) is 14.5. The second-order valence-electron chi connectivity index (χ2n) is 6.64. The third-order valence-corrected chi connectivity index (χ3v) is 3.09. The summed E-state index contributed by atoms with van der Waals surface area (Å²) < 4.78 is 5.17. The molecule has 0 spiro atoms. The van der Waals surface area contributed by atoms with E-state index in [1.807, 2.05) is 13.8 Å². The summed E-state index contributed by atoms with van der Waals surface area (Å²) >= 11 is 0. The summed E-state index contributed by atoms with van der Waals surface area (Å²) in [5, 5.41) is 16.9. The molecule has 0 aliphatic carbocycles. The van der Waals surface area contributed by atoms with Gasteiger partial charge in [0.15, 0.2) is 0 Å². The zero-order valence-corrected chi connectivity index (χ0v) is 14.5. The van der Waals surface area contributed by atoms with Crippen LogP contribution in [0.15, 0.2) is 12.1 Å². The molecule has 1 rings (SSSR count). The Kier molecular flexibility index (Phi) is 5.95. The minimum atomic E-state index is -0.535. The lowest BCUT2D eigenvalue weighted by Crippen LogP contribution is -2.38. The topological polar surface area (TPSA) is 93.5 Å². The van der Waals surface area contributed by atoms with Gasteiger partial charge in [-0.15, -0.1) is 0 Å². The molecule has 23 heavy (non-hydrogen) atoms. The van der Waals surface area contributed by atoms with Gasteiger partial charge in [0.05, 0.1) is 4.92 Å². The Morgan fingerprint density at radius 3 is 2.43 bits per heavy atom. The van der Waals surface area contributed by atoms with E-state index in [2.05, 4.69) is 10.6 Å². The molecule has 1 aromatic carbocycles. The van der Waals surface area contributed by atoms with Crippen molar-refractivity contribution in [1.29, 1.82) is 0 Å². The van der Waals surface area contributed by atoms with Gasteiger partial charge in [-0.1, -0.05) is 0 Å². The fourth-order valence-corrected chi connectivity index (χ4v) is 2.02. The molecule has 1 unspecified atom stereocenters. The number of alkyl carbamates (subject to hydrolysis) is 1. The smallest absolute Gasteiger partial charge is 0.407 e. The minimum Gasteiger partial charge on any atom is -0.444 e. The standard InChI is InChI=1S/C16H25N3O4/c1-10-8-14(19(21)22)11(2)7-13(10)18-12(3)9-17-15(20)23-16(4,5)6/h7-8,12,18H,9H2,1-6H3,(H,17,20). The lowest BCUT2D eigenvalue weighted by atomic mass is 10.1. The summed E-state index contributed by atoms with van der Waals surface area (Å²) in [6.45, 7) is 11.2. The Labute approximate surface area is 136 Å². The van der Waals surface area contributed by atoms with E-state index in [0.29, 0.717) is 12.1 Å². The fraction of sp³-hybridized carbons (Fsp3) is 0.562. The molecule has 7 nitrogen and oxygen atoms in total. The van der Waals surface area contributed by atoms with Crippen LogP contribution in [0, 0.1) is 24.0 Å². The van der Waals surface area contributed by atoms with Crippen LogP contribution in [0.5, 0.6) is 0 Å². The maximum absolute atomic E-state index is 11.6. The van der Waals surface area contributed by atoms with Crippen molar-refractivity contribution in [3.8, 4) is 0 Å². The monoisotopic (exact) mass is 323 g/mol. The molecule has 0 saturated heterocycles. The Morgan fingerprint density at radius 1 is 1.30 bits per heavy atom. The minimum absolute atomic E-state index is 0.0536. The molecule has 1 amide bonds. The van der Waals surface area contributed by atoms with Crippen LogP contribution < -0.4 is 10.6 Å². The van der Waals surface area contributed by atoms with Crippen molar-refractivity contribution >= 4 is 17.5 Å². The van der Waals surface area contributed by atoms with Gasteiger partial charge in [0.2, 0.25) is 0 Å². The number of nitrogens with one attached hydrogen (secondary N) is 2. The molecule has 2 N–H and O–H groups in total. The highest BCUT2D eigenvalue weighted by molar-refractivity contribution is 5.68. The molecule has 0 aliphatic heterocycles. The number of carbonyl (C=O) groups is 1. The number of nitro benzene ring substituents is 1. The van der Waals surface area contributed by atoms with Crippen molar-refractivity contribution in [1.82, 2.24) is 5.32 Å². The number of nitrogens with zero attached hydrogens (tertiary/aromatic N) is 1. The van der Waals surface area contributed by atoms with Gasteiger partial charge in [0, 0.05) is 29.9 Å². The molecular weight excluding hydrogens is 298 g/mol. The lowest BCUT2D eigenvalue weighted by Gasteiger charge is -2.22. The second-order valence-corrected chi connectivity index (χ2v) is 6.64. The number of ether oxygens (including phenoxy) is 1. The first-order valence-electron chi connectivity index (χ1n) is 7.48. The van der Waals surface area contributed by atoms with Gasteiger partial charge in [-0.05, 0) is 53.2 Å². The summed E-state index contributed by atoms with van der Waals surface area (Å²) in [6, 6.07) is 3.24. The summed E-state index contributed by atoms with van der Waals surface area (Å²) in [5.41, 5.74) is 1.76. The van der Waals surface area contributed by atoms with Gasteiger partial charge in [0.1, 0.15) is 5.60 Å². The largest absolute Gasteiger partial charge is 0.444 e. The van der Waals surface area contributed by atoms with Crippen molar-refractivity contribution < 1.29 is 14.5 Å². The fourth-order valence-electron chi connectivity index (χ4n) is 2.02. The molecule has 0 saturated carbocycles. The number of hydrogen-bond acceptors (Lipinski definition) is 5. The van der Waals surface area contributed by atoms with E-state index in [1.54, 1.807) is 39.8 Å². The van der Waals surface area contributed by atoms with Crippen LogP contribution in [0.1, 0.15) is 38.8 Å². The highest BCUT2D eigenvalue weighted by Crippen LogP contribution is 2.26. The molecule has 7 heteroatoms. The molecule has 0 aliphatic rings. The van der Waals surface area contributed by atoms with E-state index in [0.717, 1.165) is 11.3 Å². The number of aryl methyl sites for hydroxylation is 2. The predicted molar refractivity (Wildman–Crippen MR) is 89.9 cm³/mol. The SMILES string of the molecule is Cc1cc([N+](=O)[O-])c(C)cc1NC(C)CNC(=O)OC(C)(C)C. The van der Waals surface area contributed by atoms with Crippen molar-refractivity contribution in [2.45, 2.75) is 53.2 Å². The second kappa shape index (κ2) is 7.30. The molecule has 0 bridgehead atoms. The maximum Gasteiger partial charge on any atom is 0.407 e. The lowest BCUT2D eigenvalue weighted by molar-refractivity contribution is -0.385. The van der Waals surface area contributed by atoms with Crippen LogP contribution in [0.3, 0.4) is 0 Å². The van der Waals surface area contributed by atoms with Gasteiger partial charge >= 0.3 is 6.09 Å².